The van der Waals surface area contributed by atoms with Crippen LogP contribution in [-0.2, 0) is 9.53 Å². The van der Waals surface area contributed by atoms with Gasteiger partial charge in [-0.05, 0) is 24.6 Å². The maximum Gasteiger partial charge on any atom is 0.306 e. The Hall–Kier alpha value is -1.06. The van der Waals surface area contributed by atoms with Crippen LogP contribution in [-0.4, -0.2) is 19.6 Å². The van der Waals surface area contributed by atoms with Gasteiger partial charge in [0.25, 0.3) is 0 Å². The number of nitrogens with one attached hydrogen (secondary N) is 1. The number of carbonyl (C=O) groups excluding carboxylic acids is 1. The minimum Gasteiger partial charge on any atom is -0.469 e. The van der Waals surface area contributed by atoms with Gasteiger partial charge in [-0.25, -0.2) is 0 Å². The number of carbonyl (C=O) groups is 1. The molecule has 0 fully saturated rings. The van der Waals surface area contributed by atoms with E-state index >= 15 is 0 Å². The van der Waals surface area contributed by atoms with Crippen LogP contribution in [0.5, 0.6) is 0 Å². The average Bonchev–Trinajstić information content (AvgIpc) is 2.28. The monoisotopic (exact) mass is 241 g/mol. The summed E-state index contributed by atoms with van der Waals surface area (Å²) in [5, 5.41) is 3.95. The molecule has 1 N–H and O–H groups in total. The molecule has 0 radical (unpaired) electrons. The predicted molar refractivity (Wildman–Crippen MR) is 64.5 cm³/mol. The van der Waals surface area contributed by atoms with Gasteiger partial charge in [0.1, 0.15) is 0 Å². The Labute approximate surface area is 101 Å². The average molecular weight is 242 g/mol. The van der Waals surface area contributed by atoms with E-state index < -0.39 is 0 Å². The van der Waals surface area contributed by atoms with E-state index in [1.54, 1.807) is 0 Å². The van der Waals surface area contributed by atoms with Crippen molar-refractivity contribution in [1.29, 1.82) is 0 Å². The summed E-state index contributed by atoms with van der Waals surface area (Å²) in [4.78, 5) is 10.9. The fourth-order valence-corrected chi connectivity index (χ4v) is 1.59. The maximum atomic E-state index is 10.9. The molecule has 4 heteroatoms. The first-order valence-corrected chi connectivity index (χ1v) is 5.57. The van der Waals surface area contributed by atoms with Gasteiger partial charge < -0.3 is 10.1 Å². The molecule has 16 heavy (non-hydrogen) atoms. The maximum absolute atomic E-state index is 10.9. The quantitative estimate of drug-likeness (QED) is 0.806. The smallest absolute Gasteiger partial charge is 0.306 e. The van der Waals surface area contributed by atoms with Crippen LogP contribution >= 0.6 is 11.6 Å². The lowest BCUT2D eigenvalue weighted by Crippen LogP contribution is -2.22. The molecule has 1 aromatic carbocycles. The Morgan fingerprint density at radius 3 is 2.94 bits per heavy atom. The third-order valence-electron chi connectivity index (χ3n) is 2.36. The van der Waals surface area contributed by atoms with Crippen LogP contribution in [0.3, 0.4) is 0 Å². The molecule has 0 heterocycles. The second-order valence-corrected chi connectivity index (χ2v) is 3.99. The van der Waals surface area contributed by atoms with Crippen molar-refractivity contribution in [2.45, 2.75) is 19.4 Å². The molecule has 1 rings (SSSR count). The van der Waals surface area contributed by atoms with E-state index in [-0.39, 0.29) is 12.0 Å². The highest BCUT2D eigenvalue weighted by atomic mass is 35.5. The first-order chi connectivity index (χ1) is 7.63. The standard InChI is InChI=1S/C12H16ClNO2/c1-9(14-7-6-12(15)16-2)10-4-3-5-11(13)8-10/h3-5,8-9,14H,6-7H2,1-2H3/t9-/m1/s1. The van der Waals surface area contributed by atoms with Gasteiger partial charge in [-0.3, -0.25) is 4.79 Å². The van der Waals surface area contributed by atoms with Crippen molar-refractivity contribution in [3.05, 3.63) is 34.9 Å². The molecule has 0 aromatic heterocycles. The van der Waals surface area contributed by atoms with E-state index in [0.717, 1.165) is 10.6 Å². The summed E-state index contributed by atoms with van der Waals surface area (Å²) in [5.74, 6) is -0.203. The summed E-state index contributed by atoms with van der Waals surface area (Å²) in [6, 6.07) is 7.84. The number of rotatable bonds is 5. The normalized spacial score (nSPS) is 12.2. The van der Waals surface area contributed by atoms with Gasteiger partial charge in [0.15, 0.2) is 0 Å². The number of benzene rings is 1. The third-order valence-corrected chi connectivity index (χ3v) is 2.59. The van der Waals surface area contributed by atoms with Crippen molar-refractivity contribution >= 4 is 17.6 Å². The van der Waals surface area contributed by atoms with E-state index in [9.17, 15) is 4.79 Å². The summed E-state index contributed by atoms with van der Waals surface area (Å²) in [7, 11) is 1.39. The predicted octanol–water partition coefficient (Wildman–Crippen LogP) is 2.55. The van der Waals surface area contributed by atoms with Crippen molar-refractivity contribution in [1.82, 2.24) is 5.32 Å². The van der Waals surface area contributed by atoms with Crippen molar-refractivity contribution in [3.8, 4) is 0 Å². The highest BCUT2D eigenvalue weighted by molar-refractivity contribution is 6.30. The molecule has 0 bridgehead atoms. The minimum atomic E-state index is -0.203. The molecule has 0 unspecified atom stereocenters. The Morgan fingerprint density at radius 1 is 1.56 bits per heavy atom. The van der Waals surface area contributed by atoms with E-state index in [1.165, 1.54) is 7.11 Å². The molecule has 0 spiro atoms. The summed E-state index contributed by atoms with van der Waals surface area (Å²) >= 11 is 5.89. The zero-order chi connectivity index (χ0) is 12.0. The topological polar surface area (TPSA) is 38.3 Å². The first-order valence-electron chi connectivity index (χ1n) is 5.19. The van der Waals surface area contributed by atoms with Gasteiger partial charge in [-0.15, -0.1) is 0 Å². The van der Waals surface area contributed by atoms with Crippen molar-refractivity contribution in [2.75, 3.05) is 13.7 Å². The summed E-state index contributed by atoms with van der Waals surface area (Å²) < 4.78 is 4.56. The van der Waals surface area contributed by atoms with Crippen LogP contribution in [0.25, 0.3) is 0 Å². The second-order valence-electron chi connectivity index (χ2n) is 3.56. The lowest BCUT2D eigenvalue weighted by atomic mass is 10.1. The fraction of sp³-hybridized carbons (Fsp3) is 0.417. The molecule has 0 saturated heterocycles. The van der Waals surface area contributed by atoms with E-state index in [1.807, 2.05) is 31.2 Å². The van der Waals surface area contributed by atoms with Crippen molar-refractivity contribution < 1.29 is 9.53 Å². The fourth-order valence-electron chi connectivity index (χ4n) is 1.39. The number of halogens is 1. The van der Waals surface area contributed by atoms with Crippen molar-refractivity contribution in [2.24, 2.45) is 0 Å². The van der Waals surface area contributed by atoms with Crippen LogP contribution in [0, 0.1) is 0 Å². The van der Waals surface area contributed by atoms with Crippen LogP contribution in [0.1, 0.15) is 24.9 Å². The molecule has 0 aliphatic heterocycles. The van der Waals surface area contributed by atoms with Crippen molar-refractivity contribution in [3.63, 3.8) is 0 Å². The molecule has 1 aromatic rings. The van der Waals surface area contributed by atoms with Crippen LogP contribution in [0.15, 0.2) is 24.3 Å². The molecular weight excluding hydrogens is 226 g/mol. The van der Waals surface area contributed by atoms with Crippen LogP contribution in [0.4, 0.5) is 0 Å². The lowest BCUT2D eigenvalue weighted by molar-refractivity contribution is -0.140. The molecule has 1 atom stereocenters. The van der Waals surface area contributed by atoms with Gasteiger partial charge in [0.2, 0.25) is 0 Å². The Morgan fingerprint density at radius 2 is 2.31 bits per heavy atom. The number of esters is 1. The number of hydrogen-bond donors (Lipinski definition) is 1. The van der Waals surface area contributed by atoms with Gasteiger partial charge in [0, 0.05) is 17.6 Å². The van der Waals surface area contributed by atoms with Crippen LogP contribution in [0.2, 0.25) is 5.02 Å². The zero-order valence-electron chi connectivity index (χ0n) is 9.50. The largest absolute Gasteiger partial charge is 0.469 e. The van der Waals surface area contributed by atoms with E-state index in [4.69, 9.17) is 11.6 Å². The SMILES string of the molecule is COC(=O)CCN[C@H](C)c1cccc(Cl)c1. The highest BCUT2D eigenvalue weighted by Gasteiger charge is 2.06. The molecular formula is C12H16ClNO2. The molecule has 88 valence electrons. The summed E-state index contributed by atoms with van der Waals surface area (Å²) in [6.07, 6.45) is 0.376. The minimum absolute atomic E-state index is 0.170. The number of ether oxygens (including phenoxy) is 1. The molecule has 0 saturated carbocycles. The van der Waals surface area contributed by atoms with Gasteiger partial charge in [-0.1, -0.05) is 23.7 Å². The van der Waals surface area contributed by atoms with Crippen LogP contribution < -0.4 is 5.32 Å². The number of methoxy groups -OCH3 is 1. The zero-order valence-corrected chi connectivity index (χ0v) is 10.3. The molecule has 3 nitrogen and oxygen atoms in total. The molecule has 0 aliphatic carbocycles. The highest BCUT2D eigenvalue weighted by Crippen LogP contribution is 2.17. The summed E-state index contributed by atoms with van der Waals surface area (Å²) in [6.45, 7) is 2.63. The Bertz CT molecular complexity index is 355. The molecule has 0 amide bonds. The van der Waals surface area contributed by atoms with Gasteiger partial charge in [-0.2, -0.15) is 0 Å². The summed E-state index contributed by atoms with van der Waals surface area (Å²) in [5.41, 5.74) is 1.11. The first kappa shape index (κ1) is 13.0. The van der Waals surface area contributed by atoms with E-state index in [2.05, 4.69) is 10.1 Å². The molecule has 0 aliphatic rings. The Balaban J connectivity index is 2.40. The van der Waals surface area contributed by atoms with Gasteiger partial charge in [0.05, 0.1) is 13.5 Å². The van der Waals surface area contributed by atoms with Gasteiger partial charge >= 0.3 is 5.97 Å². The lowest BCUT2D eigenvalue weighted by Gasteiger charge is -2.13. The van der Waals surface area contributed by atoms with E-state index in [0.29, 0.717) is 13.0 Å². The second kappa shape index (κ2) is 6.51. The third kappa shape index (κ3) is 4.21. The Kier molecular flexibility index (Phi) is 5.29. The number of hydrogen-bond acceptors (Lipinski definition) is 3.